The molecule has 1 atom stereocenters. The van der Waals surface area contributed by atoms with Crippen LogP contribution >= 0.6 is 0 Å². The SMILES string of the molecule is C=CCCC(=O)C(C)(N)C1CC1. The molecule has 0 aromatic carbocycles. The van der Waals surface area contributed by atoms with Gasteiger partial charge in [-0.05, 0) is 32.1 Å². The Morgan fingerprint density at radius 1 is 1.75 bits per heavy atom. The first-order valence-electron chi connectivity index (χ1n) is 4.52. The minimum atomic E-state index is -0.566. The third-order valence-corrected chi connectivity index (χ3v) is 2.60. The van der Waals surface area contributed by atoms with Crippen LogP contribution in [0.25, 0.3) is 0 Å². The number of carbonyl (C=O) groups is 1. The highest BCUT2D eigenvalue weighted by molar-refractivity contribution is 5.88. The van der Waals surface area contributed by atoms with Gasteiger partial charge in [-0.25, -0.2) is 0 Å². The molecule has 0 amide bonds. The van der Waals surface area contributed by atoms with E-state index in [0.717, 1.165) is 19.3 Å². The summed E-state index contributed by atoms with van der Waals surface area (Å²) in [6, 6.07) is 0. The standard InChI is InChI=1S/C10H17NO/c1-3-4-5-9(12)10(2,11)8-6-7-8/h3,8H,1,4-7,11H2,2H3. The van der Waals surface area contributed by atoms with Crippen LogP contribution in [0.15, 0.2) is 12.7 Å². The Hall–Kier alpha value is -0.630. The summed E-state index contributed by atoms with van der Waals surface area (Å²) in [5.41, 5.74) is 5.36. The van der Waals surface area contributed by atoms with Gasteiger partial charge >= 0.3 is 0 Å². The van der Waals surface area contributed by atoms with E-state index in [1.54, 1.807) is 6.08 Å². The Bertz CT molecular complexity index is 192. The van der Waals surface area contributed by atoms with Gasteiger partial charge in [0, 0.05) is 6.42 Å². The van der Waals surface area contributed by atoms with Crippen LogP contribution in [0.5, 0.6) is 0 Å². The van der Waals surface area contributed by atoms with Crippen molar-refractivity contribution < 1.29 is 4.79 Å². The summed E-state index contributed by atoms with van der Waals surface area (Å²) in [5, 5.41) is 0. The molecule has 1 saturated carbocycles. The molecule has 0 heterocycles. The third-order valence-electron chi connectivity index (χ3n) is 2.60. The molecule has 2 N–H and O–H groups in total. The fraction of sp³-hybridized carbons (Fsp3) is 0.700. The Morgan fingerprint density at radius 2 is 2.33 bits per heavy atom. The average molecular weight is 167 g/mol. The number of nitrogens with two attached hydrogens (primary N) is 1. The van der Waals surface area contributed by atoms with Crippen molar-refractivity contribution >= 4 is 5.78 Å². The van der Waals surface area contributed by atoms with Gasteiger partial charge in [-0.2, -0.15) is 0 Å². The number of carbonyl (C=O) groups excluding carboxylic acids is 1. The number of hydrogen-bond donors (Lipinski definition) is 1. The Morgan fingerprint density at radius 3 is 2.75 bits per heavy atom. The molecule has 1 unspecified atom stereocenters. The molecule has 0 radical (unpaired) electrons. The second kappa shape index (κ2) is 3.40. The maximum absolute atomic E-state index is 11.5. The molecule has 68 valence electrons. The highest BCUT2D eigenvalue weighted by Crippen LogP contribution is 2.39. The second-order valence-electron chi connectivity index (χ2n) is 3.81. The lowest BCUT2D eigenvalue weighted by molar-refractivity contribution is -0.124. The van der Waals surface area contributed by atoms with Crippen LogP contribution in [-0.2, 0) is 4.79 Å². The summed E-state index contributed by atoms with van der Waals surface area (Å²) >= 11 is 0. The zero-order valence-corrected chi connectivity index (χ0v) is 7.68. The van der Waals surface area contributed by atoms with Gasteiger partial charge in [0.1, 0.15) is 0 Å². The molecule has 1 aliphatic carbocycles. The first-order chi connectivity index (χ1) is 5.59. The van der Waals surface area contributed by atoms with E-state index in [4.69, 9.17) is 5.73 Å². The summed E-state index contributed by atoms with van der Waals surface area (Å²) in [7, 11) is 0. The Kier molecular flexibility index (Phi) is 2.68. The van der Waals surface area contributed by atoms with Gasteiger partial charge in [-0.3, -0.25) is 4.79 Å². The quantitative estimate of drug-likeness (QED) is 0.633. The average Bonchev–Trinajstić information content (AvgIpc) is 2.81. The second-order valence-corrected chi connectivity index (χ2v) is 3.81. The lowest BCUT2D eigenvalue weighted by Gasteiger charge is -2.22. The third kappa shape index (κ3) is 1.95. The molecule has 1 rings (SSSR count). The van der Waals surface area contributed by atoms with Crippen LogP contribution in [0, 0.1) is 5.92 Å². The van der Waals surface area contributed by atoms with Crippen LogP contribution in [0.3, 0.4) is 0 Å². The molecule has 0 aromatic rings. The molecule has 0 bridgehead atoms. The van der Waals surface area contributed by atoms with Crippen molar-refractivity contribution in [2.45, 2.75) is 38.1 Å². The minimum absolute atomic E-state index is 0.185. The first kappa shape index (κ1) is 9.46. The van der Waals surface area contributed by atoms with Crippen molar-refractivity contribution in [3.8, 4) is 0 Å². The van der Waals surface area contributed by atoms with Gasteiger partial charge in [0.2, 0.25) is 0 Å². The highest BCUT2D eigenvalue weighted by Gasteiger charge is 2.42. The maximum Gasteiger partial charge on any atom is 0.152 e. The number of allylic oxidation sites excluding steroid dienone is 1. The molecule has 0 aromatic heterocycles. The minimum Gasteiger partial charge on any atom is -0.319 e. The predicted molar refractivity (Wildman–Crippen MR) is 49.8 cm³/mol. The van der Waals surface area contributed by atoms with Crippen LogP contribution in [0.2, 0.25) is 0 Å². The Labute approximate surface area is 73.8 Å². The van der Waals surface area contributed by atoms with Crippen LogP contribution in [0.1, 0.15) is 32.6 Å². The number of rotatable bonds is 5. The smallest absolute Gasteiger partial charge is 0.152 e. The van der Waals surface area contributed by atoms with Crippen molar-refractivity contribution in [1.29, 1.82) is 0 Å². The van der Waals surface area contributed by atoms with Crippen molar-refractivity contribution in [1.82, 2.24) is 0 Å². The molecule has 2 nitrogen and oxygen atoms in total. The van der Waals surface area contributed by atoms with Crippen LogP contribution < -0.4 is 5.73 Å². The summed E-state index contributed by atoms with van der Waals surface area (Å²) in [5.74, 6) is 0.625. The van der Waals surface area contributed by atoms with Crippen molar-refractivity contribution in [2.75, 3.05) is 0 Å². The van der Waals surface area contributed by atoms with E-state index in [-0.39, 0.29) is 5.78 Å². The lowest BCUT2D eigenvalue weighted by atomic mass is 9.89. The van der Waals surface area contributed by atoms with Crippen molar-refractivity contribution in [3.05, 3.63) is 12.7 Å². The van der Waals surface area contributed by atoms with Gasteiger partial charge in [-0.1, -0.05) is 6.08 Å². The lowest BCUT2D eigenvalue weighted by Crippen LogP contribution is -2.46. The van der Waals surface area contributed by atoms with E-state index >= 15 is 0 Å². The zero-order chi connectivity index (χ0) is 9.19. The summed E-state index contributed by atoms with van der Waals surface area (Å²) in [4.78, 5) is 11.5. The zero-order valence-electron chi connectivity index (χ0n) is 7.68. The van der Waals surface area contributed by atoms with E-state index in [1.807, 2.05) is 6.92 Å². The van der Waals surface area contributed by atoms with E-state index in [9.17, 15) is 4.79 Å². The molecule has 0 saturated heterocycles. The molecule has 12 heavy (non-hydrogen) atoms. The molecule has 1 fully saturated rings. The van der Waals surface area contributed by atoms with Gasteiger partial charge in [0.05, 0.1) is 5.54 Å². The summed E-state index contributed by atoms with van der Waals surface area (Å²) in [6.07, 6.45) is 5.30. The Balaban J connectivity index is 2.43. The van der Waals surface area contributed by atoms with Gasteiger partial charge < -0.3 is 5.73 Å². The largest absolute Gasteiger partial charge is 0.319 e. The molecule has 1 aliphatic rings. The monoisotopic (exact) mass is 167 g/mol. The number of Topliss-reactive ketones (excluding diaryl/α,β-unsaturated/α-hetero) is 1. The fourth-order valence-corrected chi connectivity index (χ4v) is 1.41. The van der Waals surface area contributed by atoms with E-state index in [1.165, 1.54) is 0 Å². The predicted octanol–water partition coefficient (Wildman–Crippen LogP) is 1.65. The fourth-order valence-electron chi connectivity index (χ4n) is 1.41. The van der Waals surface area contributed by atoms with Gasteiger partial charge in [-0.15, -0.1) is 6.58 Å². The van der Waals surface area contributed by atoms with Crippen molar-refractivity contribution in [2.24, 2.45) is 11.7 Å². The van der Waals surface area contributed by atoms with E-state index < -0.39 is 5.54 Å². The summed E-state index contributed by atoms with van der Waals surface area (Å²) in [6.45, 7) is 5.44. The van der Waals surface area contributed by atoms with Crippen LogP contribution in [0.4, 0.5) is 0 Å². The van der Waals surface area contributed by atoms with E-state index in [0.29, 0.717) is 12.3 Å². The van der Waals surface area contributed by atoms with Gasteiger partial charge in [0.15, 0.2) is 5.78 Å². The van der Waals surface area contributed by atoms with Gasteiger partial charge in [0.25, 0.3) is 0 Å². The molecule has 0 spiro atoms. The normalized spacial score (nSPS) is 21.5. The van der Waals surface area contributed by atoms with Crippen LogP contribution in [-0.4, -0.2) is 11.3 Å². The van der Waals surface area contributed by atoms with Crippen molar-refractivity contribution in [3.63, 3.8) is 0 Å². The molecular formula is C10H17NO. The molecule has 2 heteroatoms. The number of ketones is 1. The first-order valence-corrected chi connectivity index (χ1v) is 4.52. The molecular weight excluding hydrogens is 150 g/mol. The summed E-state index contributed by atoms with van der Waals surface area (Å²) < 4.78 is 0. The van der Waals surface area contributed by atoms with E-state index in [2.05, 4.69) is 6.58 Å². The molecule has 0 aliphatic heterocycles. The topological polar surface area (TPSA) is 43.1 Å². The highest BCUT2D eigenvalue weighted by atomic mass is 16.1. The number of hydrogen-bond acceptors (Lipinski definition) is 2. The maximum atomic E-state index is 11.5.